The van der Waals surface area contributed by atoms with E-state index < -0.39 is 6.10 Å². The smallest absolute Gasteiger partial charge is 0.305 e. The van der Waals surface area contributed by atoms with Crippen LogP contribution in [0.4, 0.5) is 0 Å². The first-order chi connectivity index (χ1) is 6.58. The molecule has 0 aliphatic carbocycles. The zero-order valence-electron chi connectivity index (χ0n) is 9.58. The average Bonchev–Trinajstić information content (AvgIpc) is 2.16. The van der Waals surface area contributed by atoms with Gasteiger partial charge in [0.15, 0.2) is 0 Å². The van der Waals surface area contributed by atoms with Crippen LogP contribution < -0.4 is 0 Å². The average molecular weight is 206 g/mol. The lowest BCUT2D eigenvalue weighted by Gasteiger charge is -2.03. The lowest BCUT2D eigenvalue weighted by molar-refractivity contribution is -0.145. The van der Waals surface area contributed by atoms with E-state index >= 15 is 0 Å². The highest BCUT2D eigenvalue weighted by atomic mass is 16.5. The number of carbonyl (C=O) groups is 1. The number of ether oxygens (including phenoxy) is 2. The molecule has 0 aliphatic rings. The van der Waals surface area contributed by atoms with Gasteiger partial charge in [0.1, 0.15) is 6.61 Å². The van der Waals surface area contributed by atoms with Crippen molar-refractivity contribution in [3.63, 3.8) is 0 Å². The van der Waals surface area contributed by atoms with Crippen LogP contribution in [0.2, 0.25) is 0 Å². The molecule has 0 bridgehead atoms. The van der Waals surface area contributed by atoms with Gasteiger partial charge in [-0.2, -0.15) is 0 Å². The molecule has 0 spiro atoms. The predicted octanol–water partition coefficient (Wildman–Crippen LogP) is 1.36. The number of aliphatic hydroxyl groups excluding tert-OH is 1. The van der Waals surface area contributed by atoms with Crippen molar-refractivity contribution < 1.29 is 19.4 Å². The Morgan fingerprint density at radius 2 is 1.79 bits per heavy atom. The highest BCUT2D eigenvalue weighted by molar-refractivity contribution is 5.68. The zero-order chi connectivity index (χ0) is 11.4. The summed E-state index contributed by atoms with van der Waals surface area (Å²) in [7, 11) is 0. The lowest BCUT2D eigenvalue weighted by Crippen LogP contribution is -2.14. The topological polar surface area (TPSA) is 55.8 Å². The standard InChI is InChI=1S/C6H12O3.C4H10O/c1-3-6(8)9-4-5(2)7;1-3-5-4-2/h5,7H,3-4H2,1-2H3;3-4H2,1-2H3. The van der Waals surface area contributed by atoms with E-state index in [4.69, 9.17) is 9.84 Å². The zero-order valence-corrected chi connectivity index (χ0v) is 9.58. The third-order valence-corrected chi connectivity index (χ3v) is 1.18. The Morgan fingerprint density at radius 1 is 1.29 bits per heavy atom. The Kier molecular flexibility index (Phi) is 14.0. The van der Waals surface area contributed by atoms with Gasteiger partial charge in [0.05, 0.1) is 6.10 Å². The number of aliphatic hydroxyl groups is 1. The molecule has 0 heterocycles. The van der Waals surface area contributed by atoms with Gasteiger partial charge < -0.3 is 14.6 Å². The number of esters is 1. The van der Waals surface area contributed by atoms with Crippen molar-refractivity contribution in [2.75, 3.05) is 19.8 Å². The molecule has 14 heavy (non-hydrogen) atoms. The van der Waals surface area contributed by atoms with Gasteiger partial charge in [0.2, 0.25) is 0 Å². The predicted molar refractivity (Wildman–Crippen MR) is 55.1 cm³/mol. The van der Waals surface area contributed by atoms with Gasteiger partial charge in [-0.05, 0) is 20.8 Å². The molecule has 0 saturated heterocycles. The van der Waals surface area contributed by atoms with Crippen molar-refractivity contribution in [3.05, 3.63) is 0 Å². The molecule has 1 unspecified atom stereocenters. The van der Waals surface area contributed by atoms with Crippen LogP contribution in [0.15, 0.2) is 0 Å². The molecule has 4 nitrogen and oxygen atoms in total. The summed E-state index contributed by atoms with van der Waals surface area (Å²) in [4.78, 5) is 10.4. The molecule has 0 radical (unpaired) electrons. The van der Waals surface area contributed by atoms with Crippen LogP contribution in [0.25, 0.3) is 0 Å². The molecule has 0 saturated carbocycles. The summed E-state index contributed by atoms with van der Waals surface area (Å²) in [6.45, 7) is 9.06. The largest absolute Gasteiger partial charge is 0.463 e. The number of hydrogen-bond donors (Lipinski definition) is 1. The molecule has 0 aromatic heterocycles. The molecule has 1 N–H and O–H groups in total. The first-order valence-electron chi connectivity index (χ1n) is 4.99. The van der Waals surface area contributed by atoms with Crippen molar-refractivity contribution in [1.29, 1.82) is 0 Å². The second kappa shape index (κ2) is 12.4. The van der Waals surface area contributed by atoms with E-state index in [1.54, 1.807) is 13.8 Å². The molecule has 0 aromatic rings. The SMILES string of the molecule is CCC(=O)OCC(C)O.CCOCC. The normalized spacial score (nSPS) is 11.2. The van der Waals surface area contributed by atoms with Crippen LogP contribution in [-0.2, 0) is 14.3 Å². The van der Waals surface area contributed by atoms with Gasteiger partial charge in [-0.15, -0.1) is 0 Å². The summed E-state index contributed by atoms with van der Waals surface area (Å²) in [5.74, 6) is -0.268. The second-order valence-electron chi connectivity index (χ2n) is 2.67. The van der Waals surface area contributed by atoms with Crippen molar-refractivity contribution in [1.82, 2.24) is 0 Å². The Hall–Kier alpha value is -0.610. The molecule has 4 heteroatoms. The maximum absolute atomic E-state index is 10.4. The van der Waals surface area contributed by atoms with Gasteiger partial charge in [-0.25, -0.2) is 0 Å². The van der Waals surface area contributed by atoms with Crippen LogP contribution in [0.5, 0.6) is 0 Å². The van der Waals surface area contributed by atoms with E-state index in [0.717, 1.165) is 13.2 Å². The number of rotatable bonds is 5. The molecular formula is C10H22O4. The van der Waals surface area contributed by atoms with Gasteiger partial charge in [0, 0.05) is 19.6 Å². The summed E-state index contributed by atoms with van der Waals surface area (Å²) in [5, 5.41) is 8.62. The van der Waals surface area contributed by atoms with E-state index in [2.05, 4.69) is 4.74 Å². The Labute approximate surface area is 86.2 Å². The van der Waals surface area contributed by atoms with Crippen molar-refractivity contribution in [2.24, 2.45) is 0 Å². The van der Waals surface area contributed by atoms with Crippen LogP contribution in [0, 0.1) is 0 Å². The van der Waals surface area contributed by atoms with Crippen LogP contribution in [0.1, 0.15) is 34.1 Å². The molecule has 0 amide bonds. The summed E-state index contributed by atoms with van der Waals surface area (Å²) in [5.41, 5.74) is 0. The Bertz CT molecular complexity index is 121. The first-order valence-corrected chi connectivity index (χ1v) is 4.99. The Balaban J connectivity index is 0. The summed E-state index contributed by atoms with van der Waals surface area (Å²) in [6, 6.07) is 0. The minimum absolute atomic E-state index is 0.104. The highest BCUT2D eigenvalue weighted by Crippen LogP contribution is 1.86. The van der Waals surface area contributed by atoms with E-state index in [1.807, 2.05) is 13.8 Å². The fraction of sp³-hybridized carbons (Fsp3) is 0.900. The molecule has 0 rings (SSSR count). The molecule has 0 fully saturated rings. The van der Waals surface area contributed by atoms with Crippen molar-refractivity contribution >= 4 is 5.97 Å². The molecular weight excluding hydrogens is 184 g/mol. The van der Waals surface area contributed by atoms with Gasteiger partial charge in [0.25, 0.3) is 0 Å². The molecule has 1 atom stereocenters. The summed E-state index contributed by atoms with van der Waals surface area (Å²) in [6.07, 6.45) is -0.187. The van der Waals surface area contributed by atoms with E-state index in [0.29, 0.717) is 6.42 Å². The third-order valence-electron chi connectivity index (χ3n) is 1.18. The lowest BCUT2D eigenvalue weighted by atomic mass is 10.4. The van der Waals surface area contributed by atoms with Gasteiger partial charge in [-0.3, -0.25) is 4.79 Å². The fourth-order valence-corrected chi connectivity index (χ4v) is 0.520. The quantitative estimate of drug-likeness (QED) is 0.690. The number of hydrogen-bond acceptors (Lipinski definition) is 4. The first kappa shape index (κ1) is 15.8. The molecule has 86 valence electrons. The monoisotopic (exact) mass is 206 g/mol. The van der Waals surface area contributed by atoms with E-state index in [9.17, 15) is 4.79 Å². The van der Waals surface area contributed by atoms with E-state index in [-0.39, 0.29) is 12.6 Å². The third kappa shape index (κ3) is 17.5. The molecule has 0 aromatic carbocycles. The van der Waals surface area contributed by atoms with Gasteiger partial charge >= 0.3 is 5.97 Å². The van der Waals surface area contributed by atoms with Crippen LogP contribution in [-0.4, -0.2) is 37.0 Å². The summed E-state index contributed by atoms with van der Waals surface area (Å²) >= 11 is 0. The second-order valence-corrected chi connectivity index (χ2v) is 2.67. The molecule has 0 aliphatic heterocycles. The van der Waals surface area contributed by atoms with Crippen molar-refractivity contribution in [3.8, 4) is 0 Å². The van der Waals surface area contributed by atoms with Gasteiger partial charge in [-0.1, -0.05) is 6.92 Å². The maximum atomic E-state index is 10.4. The number of carbonyl (C=O) groups excluding carboxylic acids is 1. The van der Waals surface area contributed by atoms with E-state index in [1.165, 1.54) is 0 Å². The van der Waals surface area contributed by atoms with Crippen LogP contribution in [0.3, 0.4) is 0 Å². The Morgan fingerprint density at radius 3 is 2.00 bits per heavy atom. The minimum Gasteiger partial charge on any atom is -0.463 e. The summed E-state index contributed by atoms with van der Waals surface area (Å²) < 4.78 is 9.40. The highest BCUT2D eigenvalue weighted by Gasteiger charge is 1.99. The maximum Gasteiger partial charge on any atom is 0.305 e. The fourth-order valence-electron chi connectivity index (χ4n) is 0.520. The van der Waals surface area contributed by atoms with Crippen molar-refractivity contribution in [2.45, 2.75) is 40.2 Å². The van der Waals surface area contributed by atoms with Crippen LogP contribution >= 0.6 is 0 Å². The minimum atomic E-state index is -0.555.